The summed E-state index contributed by atoms with van der Waals surface area (Å²) in [6.45, 7) is 4.88. The summed E-state index contributed by atoms with van der Waals surface area (Å²) in [6.07, 6.45) is 1.87. The second kappa shape index (κ2) is 41.5. The Balaban J connectivity index is 1.90. The van der Waals surface area contributed by atoms with E-state index < -0.39 is 170 Å². The van der Waals surface area contributed by atoms with Crippen molar-refractivity contribution in [2.24, 2.45) is 45.3 Å². The third-order valence-electron chi connectivity index (χ3n) is 14.9. The lowest BCUT2D eigenvalue weighted by atomic mass is 10.0. The number of rotatable bonds is 43. The predicted octanol–water partition coefficient (Wildman–Crippen LogP) is -3.60. The van der Waals surface area contributed by atoms with E-state index in [1.54, 1.807) is 80.8 Å². The number of hydrogen-bond donors (Lipinski definition) is 16. The van der Waals surface area contributed by atoms with Crippen LogP contribution in [0.1, 0.15) is 115 Å². The number of thioether (sulfide) groups is 1. The topological polar surface area (TPSA) is 522 Å². The molecule has 1 heterocycles. The van der Waals surface area contributed by atoms with Gasteiger partial charge in [-0.15, -0.1) is 0 Å². The van der Waals surface area contributed by atoms with Gasteiger partial charge in [0.05, 0.1) is 12.6 Å². The van der Waals surface area contributed by atoms with E-state index in [4.69, 9.17) is 34.4 Å². The molecule has 0 spiro atoms. The van der Waals surface area contributed by atoms with Crippen LogP contribution >= 0.6 is 11.8 Å². The smallest absolute Gasteiger partial charge is 0.326 e. The first-order valence-corrected chi connectivity index (χ1v) is 32.4. The Morgan fingerprint density at radius 1 is 0.581 bits per heavy atom. The van der Waals surface area contributed by atoms with Crippen molar-refractivity contribution < 1.29 is 67.4 Å². The molecular weight excluding hydrogens is 1230 g/mol. The molecule has 514 valence electrons. The van der Waals surface area contributed by atoms with Crippen molar-refractivity contribution in [3.8, 4) is 0 Å². The van der Waals surface area contributed by atoms with E-state index in [9.17, 15) is 67.4 Å². The fourth-order valence-corrected chi connectivity index (χ4v) is 10.4. The lowest BCUT2D eigenvalue weighted by Crippen LogP contribution is -2.60. The maximum atomic E-state index is 14.6. The number of hydrogen-bond acceptors (Lipinski definition) is 17. The van der Waals surface area contributed by atoms with Crippen molar-refractivity contribution in [2.45, 2.75) is 178 Å². The Hall–Kier alpha value is -8.91. The van der Waals surface area contributed by atoms with Crippen molar-refractivity contribution in [2.75, 3.05) is 38.2 Å². The highest BCUT2D eigenvalue weighted by molar-refractivity contribution is 7.98. The molecule has 22 N–H and O–H groups in total. The number of likely N-dealkylation sites (tertiary alicyclic amines) is 1. The zero-order valence-electron chi connectivity index (χ0n) is 53.3. The summed E-state index contributed by atoms with van der Waals surface area (Å²) in [5.41, 5.74) is 34.6. The molecule has 1 aliphatic rings. The van der Waals surface area contributed by atoms with Crippen LogP contribution in [0, 0.1) is 5.92 Å². The van der Waals surface area contributed by atoms with E-state index in [0.29, 0.717) is 42.6 Å². The van der Waals surface area contributed by atoms with E-state index >= 15 is 0 Å². The van der Waals surface area contributed by atoms with Crippen LogP contribution in [0.5, 0.6) is 0 Å². The molecule has 31 nitrogen and oxygen atoms in total. The monoisotopic (exact) mass is 1320 g/mol. The van der Waals surface area contributed by atoms with E-state index in [0.717, 1.165) is 0 Å². The fraction of sp³-hybridized carbons (Fsp3) is 0.574. The van der Waals surface area contributed by atoms with Crippen LogP contribution in [0.2, 0.25) is 0 Å². The summed E-state index contributed by atoms with van der Waals surface area (Å²) in [4.78, 5) is 181. The Kier molecular flexibility index (Phi) is 35.0. The van der Waals surface area contributed by atoms with E-state index in [-0.39, 0.29) is 76.5 Å². The molecule has 2 aromatic rings. The Bertz CT molecular complexity index is 2870. The van der Waals surface area contributed by atoms with Gasteiger partial charge >= 0.3 is 5.97 Å². The highest BCUT2D eigenvalue weighted by Crippen LogP contribution is 2.21. The van der Waals surface area contributed by atoms with Gasteiger partial charge in [0.2, 0.25) is 70.9 Å². The first-order chi connectivity index (χ1) is 44.1. The highest BCUT2D eigenvalue weighted by atomic mass is 32.2. The lowest BCUT2D eigenvalue weighted by Gasteiger charge is -2.31. The van der Waals surface area contributed by atoms with Crippen LogP contribution in [-0.4, -0.2) is 191 Å². The molecule has 1 aliphatic heterocycles. The van der Waals surface area contributed by atoms with Crippen molar-refractivity contribution in [3.05, 3.63) is 71.8 Å². The summed E-state index contributed by atoms with van der Waals surface area (Å²) >= 11 is 1.40. The van der Waals surface area contributed by atoms with E-state index in [1.165, 1.54) is 23.6 Å². The molecule has 10 atom stereocenters. The zero-order valence-corrected chi connectivity index (χ0v) is 54.1. The van der Waals surface area contributed by atoms with Crippen molar-refractivity contribution in [3.63, 3.8) is 0 Å². The minimum absolute atomic E-state index is 0.0550. The number of guanidine groups is 1. The minimum atomic E-state index is -1.65. The average Bonchev–Trinajstić information content (AvgIpc) is 1.80. The number of nitrogens with two attached hydrogens (primary N) is 6. The molecule has 1 fully saturated rings. The predicted molar refractivity (Wildman–Crippen MR) is 347 cm³/mol. The summed E-state index contributed by atoms with van der Waals surface area (Å²) in [6, 6.07) is 3.75. The van der Waals surface area contributed by atoms with Gasteiger partial charge in [-0.2, -0.15) is 11.8 Å². The van der Waals surface area contributed by atoms with E-state index in [2.05, 4.69) is 52.8 Å². The number of carbonyl (C=O) groups excluding carboxylic acids is 12. The molecule has 0 saturated carbocycles. The Labute approximate surface area is 545 Å². The molecule has 1 saturated heterocycles. The second-order valence-electron chi connectivity index (χ2n) is 23.1. The molecule has 0 aliphatic carbocycles. The van der Waals surface area contributed by atoms with Crippen LogP contribution in [0.15, 0.2) is 65.7 Å². The van der Waals surface area contributed by atoms with Gasteiger partial charge in [-0.3, -0.25) is 62.5 Å². The number of carboxylic acid groups (broad SMARTS) is 1. The van der Waals surface area contributed by atoms with Crippen LogP contribution in [0.25, 0.3) is 0 Å². The number of nitrogens with one attached hydrogen (secondary N) is 9. The molecule has 93 heavy (non-hydrogen) atoms. The number of amides is 12. The summed E-state index contributed by atoms with van der Waals surface area (Å²) in [7, 11) is 0. The normalized spacial score (nSPS) is 15.6. The van der Waals surface area contributed by atoms with Gasteiger partial charge in [0.15, 0.2) is 5.96 Å². The summed E-state index contributed by atoms with van der Waals surface area (Å²) in [5, 5.41) is 32.9. The quantitative estimate of drug-likeness (QED) is 0.0173. The van der Waals surface area contributed by atoms with Gasteiger partial charge in [0.25, 0.3) is 0 Å². The van der Waals surface area contributed by atoms with Gasteiger partial charge in [0, 0.05) is 38.8 Å². The lowest BCUT2D eigenvalue weighted by molar-refractivity contribution is -0.142. The number of aliphatic carboxylic acids is 1. The molecular formula is C61H95N17O14S. The molecule has 32 heteroatoms. The van der Waals surface area contributed by atoms with Crippen molar-refractivity contribution >= 4 is 94.6 Å². The molecule has 12 amide bonds. The number of aliphatic imine (C=N–C) groups is 1. The average molecular weight is 1320 g/mol. The maximum absolute atomic E-state index is 14.6. The SMILES string of the molecule is CSCC[C@H](NC(=O)[C@H](CC(C)C)NC(=O)CNC(=O)[C@H](Cc1ccccc1)NC(=O)[C@H](Cc1ccccc1)NC(=O)[C@H](CCC(N)=O)NC(=O)[C@H](CCC(N)=O)NC(=O)[C@@H]1CCCN1C(=O)[C@H](CCCCN)NC(=O)[C@H](C)NC(=O)[C@@H](N)CCCN=C(N)N)C(=O)O. The van der Waals surface area contributed by atoms with Crippen LogP contribution < -0.4 is 82.3 Å². The Morgan fingerprint density at radius 2 is 1.10 bits per heavy atom. The molecule has 2 aromatic carbocycles. The van der Waals surface area contributed by atoms with Gasteiger partial charge in [0.1, 0.15) is 54.4 Å². The fourth-order valence-electron chi connectivity index (χ4n) is 9.90. The highest BCUT2D eigenvalue weighted by Gasteiger charge is 2.40. The molecule has 3 rings (SSSR count). The standard InChI is InChI=1S/C61H95N17O14S/c1-35(2)31-44(56(87)75-43(60(91)92)26-30-93-4)71-50(81)34-69-53(84)45(32-37-15-7-5-8-16-37)76-57(88)46(33-38-17-9-6-10-18-38)77-55(86)40(22-24-48(64)79)72-54(85)41(23-25-49(65)80)73-58(89)47-21-14-29-78(47)59(90)42(20-11-12-27-62)74-51(82)36(3)70-52(83)39(63)19-13-28-68-61(66)67/h5-10,15-18,35-36,39-47H,11-14,19-34,62-63H2,1-4H3,(H2,64,79)(H2,65,80)(H,69,84)(H,70,83)(H,71,81)(H,72,85)(H,73,89)(H,74,82)(H,75,87)(H,76,88)(H,77,86)(H,91,92)(H4,66,67,68)/t36-,39-,40-,41-,42-,43-,44-,45-,46-,47-/m0/s1. The van der Waals surface area contributed by atoms with Crippen LogP contribution in [-0.2, 0) is 75.2 Å². The summed E-state index contributed by atoms with van der Waals surface area (Å²) in [5.74, 6) is -11.0. The van der Waals surface area contributed by atoms with Gasteiger partial charge in [-0.1, -0.05) is 74.5 Å². The molecule has 0 bridgehead atoms. The number of carbonyl (C=O) groups is 13. The molecule has 0 radical (unpaired) electrons. The number of nitrogens with zero attached hydrogens (tertiary/aromatic N) is 2. The van der Waals surface area contributed by atoms with E-state index in [1.807, 2.05) is 0 Å². The van der Waals surface area contributed by atoms with Gasteiger partial charge < -0.3 is 92.3 Å². The first kappa shape index (κ1) is 78.3. The summed E-state index contributed by atoms with van der Waals surface area (Å²) < 4.78 is 0. The maximum Gasteiger partial charge on any atom is 0.326 e. The van der Waals surface area contributed by atoms with Gasteiger partial charge in [-0.05, 0) is 113 Å². The number of carboxylic acids is 1. The van der Waals surface area contributed by atoms with Crippen LogP contribution in [0.3, 0.4) is 0 Å². The van der Waals surface area contributed by atoms with Crippen LogP contribution in [0.4, 0.5) is 0 Å². The largest absolute Gasteiger partial charge is 0.480 e. The van der Waals surface area contributed by atoms with Crippen molar-refractivity contribution in [1.29, 1.82) is 0 Å². The first-order valence-electron chi connectivity index (χ1n) is 31.0. The number of primary amides is 2. The second-order valence-corrected chi connectivity index (χ2v) is 24.1. The Morgan fingerprint density at radius 3 is 1.62 bits per heavy atom. The third-order valence-corrected chi connectivity index (χ3v) is 15.6. The zero-order chi connectivity index (χ0) is 69.2. The number of benzene rings is 2. The third kappa shape index (κ3) is 29.5. The number of unbranched alkanes of at least 4 members (excludes halogenated alkanes) is 1. The molecule has 0 aromatic heterocycles. The van der Waals surface area contributed by atoms with Crippen molar-refractivity contribution in [1.82, 2.24) is 52.8 Å². The minimum Gasteiger partial charge on any atom is -0.480 e. The van der Waals surface area contributed by atoms with Gasteiger partial charge in [-0.25, -0.2) is 4.79 Å². The molecule has 0 unspecified atom stereocenters.